The average molecular weight is 276 g/mol. The number of nitrogens with zero attached hydrogens (tertiary/aromatic N) is 2. The first-order chi connectivity index (χ1) is 8.24. The van der Waals surface area contributed by atoms with Gasteiger partial charge in [-0.2, -0.15) is 5.10 Å². The van der Waals surface area contributed by atoms with Crippen LogP contribution in [0.3, 0.4) is 0 Å². The monoisotopic (exact) mass is 275 g/mol. The van der Waals surface area contributed by atoms with Gasteiger partial charge in [0.25, 0.3) is 0 Å². The average Bonchev–Trinajstić information content (AvgIpc) is 2.70. The molecule has 5 heteroatoms. The smallest absolute Gasteiger partial charge is 0.0522 e. The van der Waals surface area contributed by atoms with E-state index in [9.17, 15) is 0 Å². The van der Waals surface area contributed by atoms with Gasteiger partial charge in [-0.25, -0.2) is 0 Å². The summed E-state index contributed by atoms with van der Waals surface area (Å²) in [6, 6.07) is 2.08. The van der Waals surface area contributed by atoms with E-state index in [0.29, 0.717) is 5.92 Å². The van der Waals surface area contributed by atoms with Gasteiger partial charge >= 0.3 is 0 Å². The van der Waals surface area contributed by atoms with Crippen LogP contribution in [0.15, 0.2) is 12.3 Å². The number of hydrogen-bond acceptors (Lipinski definition) is 3. The maximum absolute atomic E-state index is 5.29. The minimum absolute atomic E-state index is 0. The van der Waals surface area contributed by atoms with Gasteiger partial charge in [0.2, 0.25) is 0 Å². The van der Waals surface area contributed by atoms with Crippen molar-refractivity contribution in [1.29, 1.82) is 0 Å². The molecule has 0 atom stereocenters. The highest BCUT2D eigenvalue weighted by Gasteiger charge is 2.03. The molecule has 4 nitrogen and oxygen atoms in total. The summed E-state index contributed by atoms with van der Waals surface area (Å²) in [6.07, 6.45) is 2.94. The summed E-state index contributed by atoms with van der Waals surface area (Å²) in [5.41, 5.74) is 1.26. The Morgan fingerprint density at radius 1 is 1.44 bits per heavy atom. The van der Waals surface area contributed by atoms with Crippen LogP contribution in [0.5, 0.6) is 0 Å². The number of rotatable bonds is 9. The van der Waals surface area contributed by atoms with E-state index in [0.717, 1.165) is 39.3 Å². The third kappa shape index (κ3) is 6.99. The number of aromatic nitrogens is 2. The molecule has 106 valence electrons. The second-order valence-corrected chi connectivity index (χ2v) is 4.63. The fourth-order valence-electron chi connectivity index (χ4n) is 1.68. The topological polar surface area (TPSA) is 39.1 Å². The summed E-state index contributed by atoms with van der Waals surface area (Å²) in [5.74, 6) is 0.631. The molecule has 18 heavy (non-hydrogen) atoms. The Kier molecular flexibility index (Phi) is 10.0. The van der Waals surface area contributed by atoms with Crippen LogP contribution in [-0.4, -0.2) is 29.5 Å². The van der Waals surface area contributed by atoms with Gasteiger partial charge in [-0.3, -0.25) is 4.68 Å². The third-order valence-electron chi connectivity index (χ3n) is 2.50. The van der Waals surface area contributed by atoms with E-state index in [1.54, 1.807) is 0 Å². The lowest BCUT2D eigenvalue weighted by Crippen LogP contribution is -2.20. The van der Waals surface area contributed by atoms with Crippen LogP contribution in [0.4, 0.5) is 0 Å². The van der Waals surface area contributed by atoms with Crippen molar-refractivity contribution in [1.82, 2.24) is 15.1 Å². The fraction of sp³-hybridized carbons (Fsp3) is 0.769. The van der Waals surface area contributed by atoms with Crippen LogP contribution in [0.1, 0.15) is 32.9 Å². The lowest BCUT2D eigenvalue weighted by molar-refractivity contribution is 0.144. The molecule has 1 heterocycles. The number of hydrogen-bond donors (Lipinski definition) is 1. The van der Waals surface area contributed by atoms with E-state index < -0.39 is 0 Å². The summed E-state index contributed by atoms with van der Waals surface area (Å²) >= 11 is 0. The van der Waals surface area contributed by atoms with Crippen LogP contribution in [0, 0.1) is 5.92 Å². The lowest BCUT2D eigenvalue weighted by Gasteiger charge is -2.10. The van der Waals surface area contributed by atoms with Crippen molar-refractivity contribution in [3.05, 3.63) is 18.0 Å². The standard InChI is InChI=1S/C13H25N3O.ClH/c1-4-17-9-5-7-14-10-13-6-8-15-16(13)11-12(2)3;/h6,8,12,14H,4-5,7,9-11H2,1-3H3;1H. The van der Waals surface area contributed by atoms with Crippen molar-refractivity contribution >= 4 is 12.4 Å². The van der Waals surface area contributed by atoms with E-state index in [1.165, 1.54) is 5.69 Å². The second-order valence-electron chi connectivity index (χ2n) is 4.63. The zero-order valence-electron chi connectivity index (χ0n) is 11.7. The van der Waals surface area contributed by atoms with Gasteiger partial charge in [-0.15, -0.1) is 12.4 Å². The Morgan fingerprint density at radius 3 is 2.89 bits per heavy atom. The van der Waals surface area contributed by atoms with Crippen molar-refractivity contribution in [2.75, 3.05) is 19.8 Å². The Morgan fingerprint density at radius 2 is 2.22 bits per heavy atom. The van der Waals surface area contributed by atoms with Gasteiger partial charge in [-0.05, 0) is 31.9 Å². The van der Waals surface area contributed by atoms with Crippen molar-refractivity contribution in [2.45, 2.75) is 40.3 Å². The predicted octanol–water partition coefficient (Wildman–Crippen LogP) is 2.48. The largest absolute Gasteiger partial charge is 0.382 e. The molecule has 1 N–H and O–H groups in total. The van der Waals surface area contributed by atoms with Gasteiger partial charge in [0, 0.05) is 32.5 Å². The number of nitrogens with one attached hydrogen (secondary N) is 1. The molecule has 0 bridgehead atoms. The molecule has 0 saturated heterocycles. The van der Waals surface area contributed by atoms with Gasteiger partial charge in [0.05, 0.1) is 5.69 Å². The maximum atomic E-state index is 5.29. The van der Waals surface area contributed by atoms with Crippen molar-refractivity contribution in [3.63, 3.8) is 0 Å². The summed E-state index contributed by atoms with van der Waals surface area (Å²) in [6.45, 7) is 11.0. The number of ether oxygens (including phenoxy) is 1. The molecule has 0 aliphatic rings. The van der Waals surface area contributed by atoms with Crippen molar-refractivity contribution < 1.29 is 4.74 Å². The van der Waals surface area contributed by atoms with E-state index in [1.807, 2.05) is 13.1 Å². The zero-order chi connectivity index (χ0) is 12.5. The molecule has 0 fully saturated rings. The molecule has 1 rings (SSSR count). The maximum Gasteiger partial charge on any atom is 0.0522 e. The quantitative estimate of drug-likeness (QED) is 0.704. The van der Waals surface area contributed by atoms with E-state index in [2.05, 4.69) is 35.0 Å². The highest BCUT2D eigenvalue weighted by atomic mass is 35.5. The molecule has 0 aliphatic carbocycles. The lowest BCUT2D eigenvalue weighted by atomic mass is 10.2. The summed E-state index contributed by atoms with van der Waals surface area (Å²) in [4.78, 5) is 0. The zero-order valence-corrected chi connectivity index (χ0v) is 12.5. The molecule has 0 saturated carbocycles. The van der Waals surface area contributed by atoms with E-state index >= 15 is 0 Å². The first-order valence-electron chi connectivity index (χ1n) is 6.53. The Balaban J connectivity index is 0.00000289. The summed E-state index contributed by atoms with van der Waals surface area (Å²) in [5, 5.41) is 7.76. The van der Waals surface area contributed by atoms with Crippen LogP contribution in [-0.2, 0) is 17.8 Å². The molecule has 0 unspecified atom stereocenters. The summed E-state index contributed by atoms with van der Waals surface area (Å²) in [7, 11) is 0. The Labute approximate surface area is 117 Å². The first-order valence-corrected chi connectivity index (χ1v) is 6.53. The van der Waals surface area contributed by atoms with Crippen molar-refractivity contribution in [3.8, 4) is 0 Å². The molecule has 0 spiro atoms. The number of halogens is 1. The van der Waals surface area contributed by atoms with E-state index in [4.69, 9.17) is 4.74 Å². The van der Waals surface area contributed by atoms with Crippen molar-refractivity contribution in [2.24, 2.45) is 5.92 Å². The second kappa shape index (κ2) is 10.4. The SMILES string of the molecule is CCOCCCNCc1ccnn1CC(C)C.Cl. The van der Waals surface area contributed by atoms with Crippen LogP contribution in [0.25, 0.3) is 0 Å². The Bertz CT molecular complexity index is 302. The summed E-state index contributed by atoms with van der Waals surface area (Å²) < 4.78 is 7.37. The molecule has 0 amide bonds. The van der Waals surface area contributed by atoms with Crippen LogP contribution in [0.2, 0.25) is 0 Å². The fourth-order valence-corrected chi connectivity index (χ4v) is 1.68. The third-order valence-corrected chi connectivity index (χ3v) is 2.50. The minimum atomic E-state index is 0. The van der Waals surface area contributed by atoms with Crippen LogP contribution < -0.4 is 5.32 Å². The van der Waals surface area contributed by atoms with Gasteiger partial charge in [0.1, 0.15) is 0 Å². The van der Waals surface area contributed by atoms with Gasteiger partial charge in [0.15, 0.2) is 0 Å². The van der Waals surface area contributed by atoms with Gasteiger partial charge < -0.3 is 10.1 Å². The molecule has 0 aromatic carbocycles. The van der Waals surface area contributed by atoms with Gasteiger partial charge in [-0.1, -0.05) is 13.8 Å². The molecule has 1 aromatic heterocycles. The minimum Gasteiger partial charge on any atom is -0.382 e. The predicted molar refractivity (Wildman–Crippen MR) is 77.1 cm³/mol. The highest BCUT2D eigenvalue weighted by molar-refractivity contribution is 5.85. The van der Waals surface area contributed by atoms with Crippen LogP contribution >= 0.6 is 12.4 Å². The normalized spacial score (nSPS) is 10.7. The highest BCUT2D eigenvalue weighted by Crippen LogP contribution is 2.03. The Hall–Kier alpha value is -0.580. The molecular formula is C13H26ClN3O. The molecular weight excluding hydrogens is 250 g/mol. The molecule has 0 aliphatic heterocycles. The molecule has 1 aromatic rings. The van der Waals surface area contributed by atoms with E-state index in [-0.39, 0.29) is 12.4 Å². The molecule has 0 radical (unpaired) electrons. The first kappa shape index (κ1) is 17.4.